The first kappa shape index (κ1) is 16.9. The standard InChI is InChI=1S/C17H14F3NO4/c1-23-12-7-6-11-13(14(12)24-2)16(22)25-15(11)21-10-5-3-4-9(8-10)17(18,19)20/h3-8,15,21H,1-2H3/t15-/m0/s1. The maximum absolute atomic E-state index is 12.8. The van der Waals surface area contributed by atoms with Gasteiger partial charge in [0.2, 0.25) is 6.23 Å². The van der Waals surface area contributed by atoms with Gasteiger partial charge in [-0.15, -0.1) is 0 Å². The van der Waals surface area contributed by atoms with Crippen molar-refractivity contribution in [3.63, 3.8) is 0 Å². The van der Waals surface area contributed by atoms with Gasteiger partial charge in [0, 0.05) is 11.3 Å². The molecule has 0 radical (unpaired) electrons. The molecule has 25 heavy (non-hydrogen) atoms. The SMILES string of the molecule is COc1ccc2c(c1OC)C(=O)O[C@@H]2Nc1cccc(C(F)(F)F)c1. The molecule has 0 fully saturated rings. The lowest BCUT2D eigenvalue weighted by atomic mass is 10.1. The third-order valence-corrected chi connectivity index (χ3v) is 3.78. The third-order valence-electron chi connectivity index (χ3n) is 3.78. The molecule has 2 aromatic carbocycles. The molecule has 1 atom stereocenters. The second kappa shape index (κ2) is 6.19. The molecule has 1 N–H and O–H groups in total. The minimum Gasteiger partial charge on any atom is -0.493 e. The number of nitrogens with one attached hydrogen (secondary N) is 1. The largest absolute Gasteiger partial charge is 0.493 e. The summed E-state index contributed by atoms with van der Waals surface area (Å²) in [6.07, 6.45) is -5.38. The van der Waals surface area contributed by atoms with Crippen molar-refractivity contribution in [2.75, 3.05) is 19.5 Å². The molecule has 2 aromatic rings. The van der Waals surface area contributed by atoms with E-state index in [9.17, 15) is 18.0 Å². The van der Waals surface area contributed by atoms with E-state index in [0.29, 0.717) is 11.3 Å². The van der Waals surface area contributed by atoms with Gasteiger partial charge in [0.05, 0.1) is 19.8 Å². The number of hydrogen-bond donors (Lipinski definition) is 1. The van der Waals surface area contributed by atoms with Crippen molar-refractivity contribution in [1.82, 2.24) is 0 Å². The first-order chi connectivity index (χ1) is 11.8. The molecule has 8 heteroatoms. The highest BCUT2D eigenvalue weighted by atomic mass is 19.4. The fraction of sp³-hybridized carbons (Fsp3) is 0.235. The number of rotatable bonds is 4. The number of halogens is 3. The number of alkyl halides is 3. The number of benzene rings is 2. The Morgan fingerprint density at radius 3 is 2.52 bits per heavy atom. The van der Waals surface area contributed by atoms with Crippen molar-refractivity contribution in [3.05, 3.63) is 53.1 Å². The van der Waals surface area contributed by atoms with Crippen LogP contribution >= 0.6 is 0 Å². The Labute approximate surface area is 141 Å². The van der Waals surface area contributed by atoms with Crippen LogP contribution in [0.4, 0.5) is 18.9 Å². The fourth-order valence-electron chi connectivity index (χ4n) is 2.64. The smallest absolute Gasteiger partial charge is 0.416 e. The second-order valence-electron chi connectivity index (χ2n) is 5.27. The average molecular weight is 353 g/mol. The Kier molecular flexibility index (Phi) is 4.20. The number of esters is 1. The first-order valence-electron chi connectivity index (χ1n) is 7.25. The molecular formula is C17H14F3NO4. The van der Waals surface area contributed by atoms with Crippen molar-refractivity contribution >= 4 is 11.7 Å². The van der Waals surface area contributed by atoms with E-state index in [4.69, 9.17) is 14.2 Å². The van der Waals surface area contributed by atoms with E-state index in [2.05, 4.69) is 5.32 Å². The normalized spacial score (nSPS) is 16.2. The summed E-state index contributed by atoms with van der Waals surface area (Å²) in [5.74, 6) is -0.0634. The first-order valence-corrected chi connectivity index (χ1v) is 7.25. The number of hydrogen-bond acceptors (Lipinski definition) is 5. The minimum absolute atomic E-state index is 0.176. The molecule has 1 aliphatic heterocycles. The van der Waals surface area contributed by atoms with Gasteiger partial charge < -0.3 is 19.5 Å². The molecule has 1 heterocycles. The Morgan fingerprint density at radius 2 is 1.88 bits per heavy atom. The lowest BCUT2D eigenvalue weighted by Gasteiger charge is -2.16. The van der Waals surface area contributed by atoms with Crippen LogP contribution in [0, 0.1) is 0 Å². The number of carbonyl (C=O) groups excluding carboxylic acids is 1. The number of ether oxygens (including phenoxy) is 3. The van der Waals surface area contributed by atoms with Crippen LogP contribution in [0.25, 0.3) is 0 Å². The fourth-order valence-corrected chi connectivity index (χ4v) is 2.64. The van der Waals surface area contributed by atoms with Gasteiger partial charge >= 0.3 is 12.1 Å². The Balaban J connectivity index is 1.94. The molecule has 1 aliphatic rings. The van der Waals surface area contributed by atoms with Gasteiger partial charge in [-0.3, -0.25) is 0 Å². The van der Waals surface area contributed by atoms with Crippen LogP contribution in [0.5, 0.6) is 11.5 Å². The maximum Gasteiger partial charge on any atom is 0.416 e. The molecule has 0 saturated carbocycles. The summed E-state index contributed by atoms with van der Waals surface area (Å²) < 4.78 is 54.0. The van der Waals surface area contributed by atoms with E-state index in [1.54, 1.807) is 12.1 Å². The predicted molar refractivity (Wildman–Crippen MR) is 82.8 cm³/mol. The van der Waals surface area contributed by atoms with Gasteiger partial charge in [-0.25, -0.2) is 4.79 Å². The summed E-state index contributed by atoms with van der Waals surface area (Å²) in [5, 5.41) is 2.79. The Morgan fingerprint density at radius 1 is 1.12 bits per heavy atom. The van der Waals surface area contributed by atoms with E-state index < -0.39 is 23.9 Å². The topological polar surface area (TPSA) is 56.8 Å². The van der Waals surface area contributed by atoms with E-state index in [1.165, 1.54) is 26.4 Å². The van der Waals surface area contributed by atoms with Crippen LogP contribution in [0.15, 0.2) is 36.4 Å². The molecule has 0 saturated heterocycles. The highest BCUT2D eigenvalue weighted by molar-refractivity contribution is 5.98. The summed E-state index contributed by atoms with van der Waals surface area (Å²) in [7, 11) is 2.82. The second-order valence-corrected chi connectivity index (χ2v) is 5.27. The van der Waals surface area contributed by atoms with Crippen molar-refractivity contribution in [2.24, 2.45) is 0 Å². The van der Waals surface area contributed by atoms with Gasteiger partial charge in [-0.2, -0.15) is 13.2 Å². The monoisotopic (exact) mass is 353 g/mol. The zero-order valence-corrected chi connectivity index (χ0v) is 13.3. The molecule has 0 aliphatic carbocycles. The van der Waals surface area contributed by atoms with Crippen molar-refractivity contribution in [3.8, 4) is 11.5 Å². The van der Waals surface area contributed by atoms with Gasteiger partial charge in [-0.05, 0) is 30.3 Å². The molecule has 0 spiro atoms. The van der Waals surface area contributed by atoms with Crippen molar-refractivity contribution in [1.29, 1.82) is 0 Å². The number of cyclic esters (lactones) is 1. The summed E-state index contributed by atoms with van der Waals surface area (Å²) in [4.78, 5) is 12.2. The third kappa shape index (κ3) is 3.07. The highest BCUT2D eigenvalue weighted by Crippen LogP contribution is 2.42. The van der Waals surface area contributed by atoms with E-state index in [1.807, 2.05) is 0 Å². The lowest BCUT2D eigenvalue weighted by molar-refractivity contribution is -0.137. The lowest BCUT2D eigenvalue weighted by Crippen LogP contribution is -2.11. The van der Waals surface area contributed by atoms with Gasteiger partial charge in [-0.1, -0.05) is 6.07 Å². The molecular weight excluding hydrogens is 339 g/mol. The summed E-state index contributed by atoms with van der Waals surface area (Å²) >= 11 is 0. The van der Waals surface area contributed by atoms with Crippen LogP contribution < -0.4 is 14.8 Å². The van der Waals surface area contributed by atoms with Crippen LogP contribution in [0.2, 0.25) is 0 Å². The van der Waals surface area contributed by atoms with Crippen LogP contribution in [0.3, 0.4) is 0 Å². The van der Waals surface area contributed by atoms with E-state index in [-0.39, 0.29) is 17.0 Å². The zero-order chi connectivity index (χ0) is 18.2. The molecule has 0 aromatic heterocycles. The van der Waals surface area contributed by atoms with Crippen LogP contribution in [-0.2, 0) is 10.9 Å². The summed E-state index contributed by atoms with van der Waals surface area (Å²) in [6, 6.07) is 7.85. The molecule has 3 rings (SSSR count). The summed E-state index contributed by atoms with van der Waals surface area (Å²) in [5.41, 5.74) is 0.0241. The number of fused-ring (bicyclic) bond motifs is 1. The van der Waals surface area contributed by atoms with Crippen LogP contribution in [0.1, 0.15) is 27.7 Å². The summed E-state index contributed by atoms with van der Waals surface area (Å²) in [6.45, 7) is 0. The Hall–Kier alpha value is -2.90. The highest BCUT2D eigenvalue weighted by Gasteiger charge is 2.36. The number of methoxy groups -OCH3 is 2. The molecule has 5 nitrogen and oxygen atoms in total. The van der Waals surface area contributed by atoms with E-state index >= 15 is 0 Å². The molecule has 0 unspecified atom stereocenters. The minimum atomic E-state index is -4.46. The zero-order valence-electron chi connectivity index (χ0n) is 13.3. The maximum atomic E-state index is 12.8. The molecule has 132 valence electrons. The van der Waals surface area contributed by atoms with Gasteiger partial charge in [0.25, 0.3) is 0 Å². The average Bonchev–Trinajstić information content (AvgIpc) is 2.89. The number of anilines is 1. The van der Waals surface area contributed by atoms with Crippen molar-refractivity contribution in [2.45, 2.75) is 12.4 Å². The van der Waals surface area contributed by atoms with Crippen molar-refractivity contribution < 1.29 is 32.2 Å². The van der Waals surface area contributed by atoms with Crippen LogP contribution in [-0.4, -0.2) is 20.2 Å². The number of carbonyl (C=O) groups is 1. The van der Waals surface area contributed by atoms with E-state index in [0.717, 1.165) is 12.1 Å². The quantitative estimate of drug-likeness (QED) is 0.842. The predicted octanol–water partition coefficient (Wildman–Crippen LogP) is 4.00. The Bertz CT molecular complexity index is 820. The van der Waals surface area contributed by atoms with Gasteiger partial charge in [0.15, 0.2) is 11.5 Å². The molecule has 0 amide bonds. The molecule has 0 bridgehead atoms. The van der Waals surface area contributed by atoms with Gasteiger partial charge in [0.1, 0.15) is 5.56 Å².